The number of nitrogens with zero attached hydrogens (tertiary/aromatic N) is 1. The van der Waals surface area contributed by atoms with E-state index in [1.807, 2.05) is 0 Å². The van der Waals surface area contributed by atoms with Crippen LogP contribution >= 0.6 is 11.8 Å². The van der Waals surface area contributed by atoms with E-state index in [0.717, 1.165) is 17.3 Å². The number of thioether (sulfide) groups is 1. The van der Waals surface area contributed by atoms with Gasteiger partial charge in [-0.05, 0) is 48.4 Å². The Kier molecular flexibility index (Phi) is 11.6. The van der Waals surface area contributed by atoms with Crippen LogP contribution in [0, 0.1) is 0 Å². The van der Waals surface area contributed by atoms with Crippen LogP contribution < -0.4 is 90.3 Å². The van der Waals surface area contributed by atoms with E-state index in [9.17, 15) is 14.7 Å². The molecule has 5 rings (SSSR count). The first kappa shape index (κ1) is 34.4. The average Bonchev–Trinajstić information content (AvgIpc) is 3.39. The van der Waals surface area contributed by atoms with E-state index in [2.05, 4.69) is 4.99 Å². The molecular formula is C32H28KNO10S. The molecule has 0 fully saturated rings. The van der Waals surface area contributed by atoms with Gasteiger partial charge in [-0.2, -0.15) is 0 Å². The molecule has 1 aliphatic rings. The third-order valence-corrected chi connectivity index (χ3v) is 7.75. The molecule has 2 heterocycles. The fourth-order valence-corrected chi connectivity index (χ4v) is 5.29. The number of aliphatic imine (C=N–C) groups is 1. The van der Waals surface area contributed by atoms with E-state index in [1.54, 1.807) is 61.5 Å². The molecule has 3 aromatic carbocycles. The summed E-state index contributed by atoms with van der Waals surface area (Å²) in [7, 11) is 6.00. The average molecular weight is 658 g/mol. The van der Waals surface area contributed by atoms with Crippen molar-refractivity contribution in [1.82, 2.24) is 0 Å². The Labute approximate surface area is 305 Å². The largest absolute Gasteiger partial charge is 1.00 e. The molecule has 0 bridgehead atoms. The second-order valence-corrected chi connectivity index (χ2v) is 10.3. The Morgan fingerprint density at radius 2 is 1.51 bits per heavy atom. The molecule has 11 nitrogen and oxygen atoms in total. The van der Waals surface area contributed by atoms with Gasteiger partial charge in [0.1, 0.15) is 41.4 Å². The van der Waals surface area contributed by atoms with E-state index in [1.165, 1.54) is 28.4 Å². The molecule has 4 aromatic rings. The zero-order valence-electron chi connectivity index (χ0n) is 25.5. The maximum Gasteiger partial charge on any atom is 1.00 e. The van der Waals surface area contributed by atoms with Crippen molar-refractivity contribution in [1.29, 1.82) is 0 Å². The van der Waals surface area contributed by atoms with Gasteiger partial charge in [0.05, 0.1) is 33.3 Å². The van der Waals surface area contributed by atoms with E-state index >= 15 is 0 Å². The van der Waals surface area contributed by atoms with Crippen LogP contribution in [-0.4, -0.2) is 52.8 Å². The molecule has 0 radical (unpaired) electrons. The maximum absolute atomic E-state index is 13.8. The second kappa shape index (κ2) is 15.2. The van der Waals surface area contributed by atoms with Gasteiger partial charge in [-0.15, -0.1) is 0 Å². The van der Waals surface area contributed by atoms with Crippen LogP contribution in [-0.2, 0) is 4.79 Å². The standard InChI is InChI=1S/C32H29NO10S.K/c1-17(30-31(35)33-32(36)44-30)18-6-9-20(10-7-18)41-12-13-42-29-27(34)26-24(40-5)15-21(37-2)16-25(26)43-28(29)19-8-11-22(38-3)23(14-19)39-4;/h6-11,14-16H,12-13H2,1-5H3,(H,33,35,36);/q;+1/p-1/b30-17-;. The molecule has 228 valence electrons. The summed E-state index contributed by atoms with van der Waals surface area (Å²) in [4.78, 5) is 29.5. The fourth-order valence-electron chi connectivity index (χ4n) is 4.58. The number of carbonyl (C=O) groups is 1. The molecule has 0 N–H and O–H groups in total. The van der Waals surface area contributed by atoms with Gasteiger partial charge in [0.2, 0.25) is 11.2 Å². The van der Waals surface area contributed by atoms with Crippen molar-refractivity contribution >= 4 is 39.4 Å². The topological polar surface area (TPSA) is 138 Å². The van der Waals surface area contributed by atoms with Gasteiger partial charge in [-0.25, -0.2) is 4.99 Å². The Morgan fingerprint density at radius 1 is 0.822 bits per heavy atom. The van der Waals surface area contributed by atoms with E-state index in [0.29, 0.717) is 39.0 Å². The molecule has 0 aliphatic carbocycles. The Balaban J connectivity index is 0.00000461. The normalized spacial score (nSPS) is 13.5. The maximum atomic E-state index is 13.8. The zero-order chi connectivity index (χ0) is 31.4. The molecule has 13 heteroatoms. The number of ether oxygens (including phenoxy) is 6. The van der Waals surface area contributed by atoms with Gasteiger partial charge in [-0.1, -0.05) is 23.9 Å². The summed E-state index contributed by atoms with van der Waals surface area (Å²) in [6.45, 7) is 1.87. The number of rotatable bonds is 11. The molecule has 0 spiro atoms. The first-order valence-electron chi connectivity index (χ1n) is 13.3. The van der Waals surface area contributed by atoms with Crippen molar-refractivity contribution in [2.24, 2.45) is 4.99 Å². The zero-order valence-corrected chi connectivity index (χ0v) is 29.5. The Morgan fingerprint density at radius 3 is 2.13 bits per heavy atom. The Hall–Kier alpha value is -3.46. The van der Waals surface area contributed by atoms with Crippen LogP contribution in [0.4, 0.5) is 0 Å². The first-order chi connectivity index (χ1) is 21.3. The van der Waals surface area contributed by atoms with Crippen LogP contribution in [0.15, 0.2) is 73.7 Å². The number of benzene rings is 3. The van der Waals surface area contributed by atoms with Crippen LogP contribution in [0.1, 0.15) is 12.5 Å². The van der Waals surface area contributed by atoms with Crippen molar-refractivity contribution in [3.8, 4) is 45.8 Å². The number of fused-ring (bicyclic) bond motifs is 1. The van der Waals surface area contributed by atoms with Crippen LogP contribution in [0.5, 0.6) is 34.5 Å². The third kappa shape index (κ3) is 7.34. The van der Waals surface area contributed by atoms with Crippen molar-refractivity contribution in [2.45, 2.75) is 6.92 Å². The molecule has 0 atom stereocenters. The summed E-state index contributed by atoms with van der Waals surface area (Å²) in [6.07, 6.45) is 0. The van der Waals surface area contributed by atoms with E-state index < -0.39 is 16.6 Å². The second-order valence-electron chi connectivity index (χ2n) is 9.32. The predicted octanol–water partition coefficient (Wildman–Crippen LogP) is 1.68. The minimum atomic E-state index is -0.530. The minimum Gasteiger partial charge on any atom is -0.853 e. The van der Waals surface area contributed by atoms with Crippen molar-refractivity contribution in [2.75, 3.05) is 41.7 Å². The summed E-state index contributed by atoms with van der Waals surface area (Å²) in [5.41, 5.74) is 1.75. The molecule has 1 aromatic heterocycles. The number of methoxy groups -OCH3 is 4. The van der Waals surface area contributed by atoms with Gasteiger partial charge in [0, 0.05) is 22.9 Å². The quantitative estimate of drug-likeness (QED) is 0.132. The van der Waals surface area contributed by atoms with Crippen LogP contribution in [0.2, 0.25) is 0 Å². The van der Waals surface area contributed by atoms with Gasteiger partial charge in [-0.3, -0.25) is 9.59 Å². The summed E-state index contributed by atoms with van der Waals surface area (Å²) in [6, 6.07) is 15.3. The van der Waals surface area contributed by atoms with E-state index in [4.69, 9.17) is 32.8 Å². The van der Waals surface area contributed by atoms with Gasteiger partial charge < -0.3 is 37.9 Å². The number of hydrogen-bond donors (Lipinski definition) is 0. The summed E-state index contributed by atoms with van der Waals surface area (Å²) in [5.74, 6) is 1.83. The summed E-state index contributed by atoms with van der Waals surface area (Å²) in [5, 5.41) is 11.1. The number of amides is 1. The van der Waals surface area contributed by atoms with Crippen LogP contribution in [0.25, 0.3) is 27.9 Å². The number of hydrogen-bond acceptors (Lipinski definition) is 11. The smallest absolute Gasteiger partial charge is 0.853 e. The molecule has 0 saturated heterocycles. The third-order valence-electron chi connectivity index (χ3n) is 6.80. The molecular weight excluding hydrogens is 630 g/mol. The summed E-state index contributed by atoms with van der Waals surface area (Å²) >= 11 is 0.821. The SMILES string of the molecule is COc1cc(OC)c2c(=O)c(OCCOc3ccc(/C(C)=C4\SC([O-])=NC4=O)cc3)c(-c3ccc(OC)c(OC)c3)oc2c1.[K+]. The number of allylic oxidation sites excluding steroid dienone is 1. The molecule has 1 aliphatic heterocycles. The van der Waals surface area contributed by atoms with Crippen molar-refractivity contribution in [3.05, 3.63) is 75.3 Å². The molecule has 0 unspecified atom stereocenters. The minimum absolute atomic E-state index is 0. The first-order valence-corrected chi connectivity index (χ1v) is 14.1. The summed E-state index contributed by atoms with van der Waals surface area (Å²) < 4.78 is 39.7. The Bertz CT molecular complexity index is 1850. The van der Waals surface area contributed by atoms with Gasteiger partial charge >= 0.3 is 51.4 Å². The fraction of sp³-hybridized carbons (Fsp3) is 0.219. The van der Waals surface area contributed by atoms with Gasteiger partial charge in [0.25, 0.3) is 5.91 Å². The molecule has 0 saturated carbocycles. The molecule has 1 amide bonds. The van der Waals surface area contributed by atoms with Crippen molar-refractivity contribution < 1.29 is 94.1 Å². The molecule has 45 heavy (non-hydrogen) atoms. The van der Waals surface area contributed by atoms with E-state index in [-0.39, 0.29) is 92.8 Å². The number of carbonyl (C=O) groups excluding carboxylic acids is 1. The van der Waals surface area contributed by atoms with Gasteiger partial charge in [0.15, 0.2) is 17.3 Å². The van der Waals surface area contributed by atoms with Crippen molar-refractivity contribution in [3.63, 3.8) is 0 Å². The predicted molar refractivity (Wildman–Crippen MR) is 164 cm³/mol. The van der Waals surface area contributed by atoms with Crippen LogP contribution in [0.3, 0.4) is 0 Å². The monoisotopic (exact) mass is 657 g/mol.